The Labute approximate surface area is 225 Å². The summed E-state index contributed by atoms with van der Waals surface area (Å²) in [6.45, 7) is 5.46. The normalized spacial score (nSPS) is 18.2. The molecule has 1 saturated heterocycles. The molecule has 0 bridgehead atoms. The van der Waals surface area contributed by atoms with Crippen molar-refractivity contribution in [1.29, 1.82) is 0 Å². The maximum Gasteiger partial charge on any atom is 0.266 e. The van der Waals surface area contributed by atoms with Crippen LogP contribution in [-0.2, 0) is 10.0 Å². The van der Waals surface area contributed by atoms with Crippen LogP contribution in [0.4, 0.5) is 0 Å². The summed E-state index contributed by atoms with van der Waals surface area (Å²) in [4.78, 5) is 21.3. The van der Waals surface area contributed by atoms with Crippen molar-refractivity contribution >= 4 is 36.9 Å². The molecule has 2 heterocycles. The fourth-order valence-corrected chi connectivity index (χ4v) is 7.05. The predicted molar refractivity (Wildman–Crippen MR) is 149 cm³/mol. The predicted octanol–water partition coefficient (Wildman–Crippen LogP) is 4.99. The molecule has 9 heteroatoms. The van der Waals surface area contributed by atoms with Gasteiger partial charge in [-0.2, -0.15) is 4.31 Å². The van der Waals surface area contributed by atoms with E-state index in [2.05, 4.69) is 27.8 Å². The van der Waals surface area contributed by atoms with Gasteiger partial charge in [-0.05, 0) is 61.9 Å². The first-order valence-corrected chi connectivity index (χ1v) is 14.6. The lowest BCUT2D eigenvalue weighted by Crippen LogP contribution is -2.54. The lowest BCUT2D eigenvalue weighted by Gasteiger charge is -2.42. The van der Waals surface area contributed by atoms with Gasteiger partial charge in [0, 0.05) is 30.1 Å². The smallest absolute Gasteiger partial charge is 0.266 e. The Morgan fingerprint density at radius 2 is 1.65 bits per heavy atom. The average Bonchev–Trinajstić information content (AvgIpc) is 2.90. The largest absolute Gasteiger partial charge is 0.291 e. The van der Waals surface area contributed by atoms with Gasteiger partial charge in [0.2, 0.25) is 10.0 Å². The number of fused-ring (bicyclic) bond motifs is 1. The maximum atomic E-state index is 13.7. The van der Waals surface area contributed by atoms with Crippen molar-refractivity contribution in [3.8, 4) is 5.69 Å². The van der Waals surface area contributed by atoms with Crippen molar-refractivity contribution in [3.63, 3.8) is 0 Å². The van der Waals surface area contributed by atoms with Crippen molar-refractivity contribution < 1.29 is 8.42 Å². The Morgan fingerprint density at radius 1 is 0.973 bits per heavy atom. The van der Waals surface area contributed by atoms with Crippen molar-refractivity contribution in [2.24, 2.45) is 0 Å². The van der Waals surface area contributed by atoms with Gasteiger partial charge in [-0.15, -0.1) is 0 Å². The summed E-state index contributed by atoms with van der Waals surface area (Å²) in [5, 5.41) is 0.566. The van der Waals surface area contributed by atoms with E-state index in [0.29, 0.717) is 41.3 Å². The summed E-state index contributed by atoms with van der Waals surface area (Å²) in [5.41, 5.74) is 1.30. The number of halogens is 1. The van der Waals surface area contributed by atoms with E-state index in [1.54, 1.807) is 39.2 Å². The second-order valence-corrected chi connectivity index (χ2v) is 12.1. The Morgan fingerprint density at radius 3 is 2.32 bits per heavy atom. The van der Waals surface area contributed by atoms with Crippen molar-refractivity contribution in [3.05, 3.63) is 99.5 Å². The van der Waals surface area contributed by atoms with Crippen molar-refractivity contribution in [1.82, 2.24) is 18.8 Å². The van der Waals surface area contributed by atoms with Crippen LogP contribution in [0.5, 0.6) is 0 Å². The molecule has 2 atom stereocenters. The first-order chi connectivity index (χ1) is 17.8. The molecule has 0 aliphatic carbocycles. The second-order valence-electron chi connectivity index (χ2n) is 9.30. The number of sulfonamides is 1. The molecule has 1 aliphatic heterocycles. The topological polar surface area (TPSA) is 75.5 Å². The van der Waals surface area contributed by atoms with Crippen LogP contribution in [0.3, 0.4) is 0 Å². The van der Waals surface area contributed by atoms with Crippen LogP contribution in [0.1, 0.15) is 32.1 Å². The van der Waals surface area contributed by atoms with Crippen molar-refractivity contribution in [2.45, 2.75) is 37.2 Å². The van der Waals surface area contributed by atoms with E-state index in [1.807, 2.05) is 55.5 Å². The second kappa shape index (κ2) is 10.5. The molecule has 1 fully saturated rings. The number of aromatic nitrogens is 2. The Kier molecular flexibility index (Phi) is 7.31. The molecule has 192 valence electrons. The number of piperazine rings is 1. The number of rotatable bonds is 6. The van der Waals surface area contributed by atoms with E-state index in [9.17, 15) is 13.2 Å². The molecule has 0 radical (unpaired) electrons. The van der Waals surface area contributed by atoms with Gasteiger partial charge in [0.25, 0.3) is 5.56 Å². The molecule has 37 heavy (non-hydrogen) atoms. The highest BCUT2D eigenvalue weighted by molar-refractivity contribution is 9.10. The van der Waals surface area contributed by atoms with E-state index in [0.717, 1.165) is 16.6 Å². The quantitative estimate of drug-likeness (QED) is 0.321. The van der Waals surface area contributed by atoms with Crippen LogP contribution in [-0.4, -0.2) is 52.9 Å². The third-order valence-corrected chi connectivity index (χ3v) is 9.52. The lowest BCUT2D eigenvalue weighted by molar-refractivity contribution is 0.0945. The number of benzene rings is 3. The molecular weight excluding hydrogens is 552 g/mol. The zero-order chi connectivity index (χ0) is 26.2. The standard InChI is InChI=1S/C28H29BrN4O3S/c1-3-26(31-17-18-32(20(2)19-31)37(35,36)23-9-5-4-6-10-23)27-30-25-12-8-7-11-24(25)28(34)33(27)22-15-13-21(29)14-16-22/h4-16,20,26H,3,17-19H2,1-2H3. The molecule has 2 unspecified atom stereocenters. The highest BCUT2D eigenvalue weighted by atomic mass is 79.9. The third kappa shape index (κ3) is 4.88. The highest BCUT2D eigenvalue weighted by Crippen LogP contribution is 2.30. The number of para-hydroxylation sites is 1. The van der Waals surface area contributed by atoms with Gasteiger partial charge in [0.15, 0.2) is 0 Å². The highest BCUT2D eigenvalue weighted by Gasteiger charge is 2.37. The van der Waals surface area contributed by atoms with Crippen LogP contribution in [0.25, 0.3) is 16.6 Å². The number of nitrogens with zero attached hydrogens (tertiary/aromatic N) is 4. The zero-order valence-electron chi connectivity index (χ0n) is 20.8. The van der Waals surface area contributed by atoms with Crippen LogP contribution in [0.15, 0.2) is 93.0 Å². The summed E-state index contributed by atoms with van der Waals surface area (Å²) in [5.74, 6) is 0.667. The Balaban J connectivity index is 1.54. The maximum absolute atomic E-state index is 13.7. The van der Waals surface area contributed by atoms with E-state index >= 15 is 0 Å². The summed E-state index contributed by atoms with van der Waals surface area (Å²) in [7, 11) is -3.59. The molecule has 4 aromatic rings. The van der Waals surface area contributed by atoms with Gasteiger partial charge in [-0.1, -0.05) is 53.2 Å². The van der Waals surface area contributed by atoms with E-state index < -0.39 is 10.0 Å². The molecule has 0 saturated carbocycles. The van der Waals surface area contributed by atoms with Crippen LogP contribution < -0.4 is 5.56 Å². The van der Waals surface area contributed by atoms with Crippen molar-refractivity contribution in [2.75, 3.05) is 19.6 Å². The summed E-state index contributed by atoms with van der Waals surface area (Å²) in [6, 6.07) is 23.2. The van der Waals surface area contributed by atoms with Gasteiger partial charge in [0.1, 0.15) is 5.82 Å². The van der Waals surface area contributed by atoms with Gasteiger partial charge in [-0.3, -0.25) is 14.3 Å². The summed E-state index contributed by atoms with van der Waals surface area (Å²) >= 11 is 3.48. The van der Waals surface area contributed by atoms with Gasteiger partial charge >= 0.3 is 0 Å². The fourth-order valence-electron chi connectivity index (χ4n) is 5.15. The molecule has 3 aromatic carbocycles. The minimum Gasteiger partial charge on any atom is -0.291 e. The molecule has 0 amide bonds. The minimum atomic E-state index is -3.59. The molecule has 0 N–H and O–H groups in total. The van der Waals surface area contributed by atoms with Gasteiger partial charge in [0.05, 0.1) is 27.5 Å². The molecular formula is C28H29BrN4O3S. The first-order valence-electron chi connectivity index (χ1n) is 12.4. The number of hydrogen-bond acceptors (Lipinski definition) is 5. The summed E-state index contributed by atoms with van der Waals surface area (Å²) < 4.78 is 30.9. The van der Waals surface area contributed by atoms with E-state index in [1.165, 1.54) is 0 Å². The molecule has 1 aliphatic rings. The Hall–Kier alpha value is -2.85. The fraction of sp³-hybridized carbons (Fsp3) is 0.286. The van der Waals surface area contributed by atoms with E-state index in [4.69, 9.17) is 4.98 Å². The average molecular weight is 582 g/mol. The van der Waals surface area contributed by atoms with Crippen LogP contribution >= 0.6 is 15.9 Å². The Bertz CT molecular complexity index is 1570. The van der Waals surface area contributed by atoms with Crippen LogP contribution in [0, 0.1) is 0 Å². The van der Waals surface area contributed by atoms with Gasteiger partial charge in [-0.25, -0.2) is 13.4 Å². The summed E-state index contributed by atoms with van der Waals surface area (Å²) in [6.07, 6.45) is 0.722. The van der Waals surface area contributed by atoms with Crippen LogP contribution in [0.2, 0.25) is 0 Å². The molecule has 7 nitrogen and oxygen atoms in total. The van der Waals surface area contributed by atoms with Gasteiger partial charge < -0.3 is 0 Å². The molecule has 1 aromatic heterocycles. The zero-order valence-corrected chi connectivity index (χ0v) is 23.2. The monoisotopic (exact) mass is 580 g/mol. The SMILES string of the molecule is CCC(c1nc2ccccc2c(=O)n1-c1ccc(Br)cc1)N1CCN(S(=O)(=O)c2ccccc2)C(C)C1. The third-order valence-electron chi connectivity index (χ3n) is 6.96. The molecule has 0 spiro atoms. The first kappa shape index (κ1) is 25.8. The minimum absolute atomic E-state index is 0.111. The molecule has 5 rings (SSSR count). The number of hydrogen-bond donors (Lipinski definition) is 0. The van der Waals surface area contributed by atoms with E-state index in [-0.39, 0.29) is 17.6 Å². The lowest BCUT2D eigenvalue weighted by atomic mass is 10.1.